The van der Waals surface area contributed by atoms with Crippen molar-refractivity contribution >= 4 is 0 Å². The number of alkyl halides is 3. The van der Waals surface area contributed by atoms with Crippen LogP contribution in [0.5, 0.6) is 0 Å². The summed E-state index contributed by atoms with van der Waals surface area (Å²) >= 11 is 0. The van der Waals surface area contributed by atoms with Gasteiger partial charge in [0.2, 0.25) is 0 Å². The number of rotatable bonds is 2. The van der Waals surface area contributed by atoms with Crippen LogP contribution in [0.1, 0.15) is 28.6 Å². The molecule has 1 atom stereocenters. The summed E-state index contributed by atoms with van der Waals surface area (Å²) in [6.45, 7) is 1.77. The quantitative estimate of drug-likeness (QED) is 0.856. The molecule has 2 nitrogen and oxygen atoms in total. The predicted octanol–water partition coefficient (Wildman–Crippen LogP) is 3.60. The Kier molecular flexibility index (Phi) is 3.76. The van der Waals surface area contributed by atoms with Gasteiger partial charge in [-0.2, -0.15) is 13.2 Å². The number of benzene rings is 1. The lowest BCUT2D eigenvalue weighted by Gasteiger charge is -2.14. The molecular weight excluding hydrogens is 272 g/mol. The summed E-state index contributed by atoms with van der Waals surface area (Å²) in [5.74, 6) is -1.34. The maximum Gasteiger partial charge on any atom is 0.419 e. The molecule has 1 aromatic heterocycles. The van der Waals surface area contributed by atoms with E-state index < -0.39 is 23.6 Å². The average molecular weight is 284 g/mol. The molecule has 1 unspecified atom stereocenters. The van der Waals surface area contributed by atoms with Gasteiger partial charge < -0.3 is 5.73 Å². The summed E-state index contributed by atoms with van der Waals surface area (Å²) in [6.07, 6.45) is -4.71. The van der Waals surface area contributed by atoms with Gasteiger partial charge in [0.15, 0.2) is 0 Å². The minimum Gasteiger partial charge on any atom is -0.319 e. The van der Waals surface area contributed by atoms with Gasteiger partial charge in [-0.1, -0.05) is 12.1 Å². The molecule has 0 bridgehead atoms. The van der Waals surface area contributed by atoms with Crippen molar-refractivity contribution in [3.63, 3.8) is 0 Å². The highest BCUT2D eigenvalue weighted by Gasteiger charge is 2.34. The Morgan fingerprint density at radius 1 is 1.15 bits per heavy atom. The predicted molar refractivity (Wildman–Crippen MR) is 66.4 cm³/mol. The van der Waals surface area contributed by atoms with Crippen LogP contribution in [0.4, 0.5) is 17.6 Å². The number of aryl methyl sites for hydroxylation is 1. The van der Waals surface area contributed by atoms with E-state index in [2.05, 4.69) is 4.98 Å². The second kappa shape index (κ2) is 5.20. The van der Waals surface area contributed by atoms with Gasteiger partial charge in [0.05, 0.1) is 17.3 Å². The van der Waals surface area contributed by atoms with E-state index >= 15 is 0 Å². The van der Waals surface area contributed by atoms with E-state index in [1.54, 1.807) is 25.1 Å². The van der Waals surface area contributed by atoms with Gasteiger partial charge >= 0.3 is 6.18 Å². The molecule has 2 aromatic rings. The van der Waals surface area contributed by atoms with Crippen LogP contribution in [0.25, 0.3) is 0 Å². The van der Waals surface area contributed by atoms with Crippen molar-refractivity contribution in [1.82, 2.24) is 4.98 Å². The minimum absolute atomic E-state index is 0.244. The zero-order chi connectivity index (χ0) is 14.9. The van der Waals surface area contributed by atoms with Crippen molar-refractivity contribution in [2.45, 2.75) is 19.1 Å². The first-order valence-corrected chi connectivity index (χ1v) is 5.85. The molecular formula is C14H12F4N2. The topological polar surface area (TPSA) is 38.9 Å². The second-order valence-corrected chi connectivity index (χ2v) is 4.42. The maximum atomic E-state index is 13.5. The van der Waals surface area contributed by atoms with E-state index in [9.17, 15) is 17.6 Å². The highest BCUT2D eigenvalue weighted by atomic mass is 19.4. The van der Waals surface area contributed by atoms with Crippen molar-refractivity contribution in [3.8, 4) is 0 Å². The normalized spacial score (nSPS) is 13.3. The van der Waals surface area contributed by atoms with Gasteiger partial charge in [0, 0.05) is 5.69 Å². The minimum atomic E-state index is -4.71. The number of aromatic nitrogens is 1. The molecule has 0 fully saturated rings. The lowest BCUT2D eigenvalue weighted by Crippen LogP contribution is -2.15. The lowest BCUT2D eigenvalue weighted by atomic mass is 10.0. The van der Waals surface area contributed by atoms with E-state index in [-0.39, 0.29) is 5.56 Å². The van der Waals surface area contributed by atoms with Gasteiger partial charge in [-0.15, -0.1) is 0 Å². The summed E-state index contributed by atoms with van der Waals surface area (Å²) in [7, 11) is 0. The lowest BCUT2D eigenvalue weighted by molar-refractivity contribution is -0.140. The summed E-state index contributed by atoms with van der Waals surface area (Å²) in [5, 5.41) is 0. The Bertz CT molecular complexity index is 623. The van der Waals surface area contributed by atoms with Crippen molar-refractivity contribution in [3.05, 3.63) is 64.7 Å². The highest BCUT2D eigenvalue weighted by Crippen LogP contribution is 2.32. The fourth-order valence-electron chi connectivity index (χ4n) is 1.86. The first-order chi connectivity index (χ1) is 9.29. The Balaban J connectivity index is 2.37. The van der Waals surface area contributed by atoms with Gasteiger partial charge in [0.25, 0.3) is 0 Å². The van der Waals surface area contributed by atoms with Crippen LogP contribution in [0.2, 0.25) is 0 Å². The van der Waals surface area contributed by atoms with Gasteiger partial charge in [-0.05, 0) is 36.8 Å². The van der Waals surface area contributed by atoms with Crippen LogP contribution in [0.15, 0.2) is 36.4 Å². The Labute approximate surface area is 113 Å². The molecule has 2 N–H and O–H groups in total. The molecule has 1 heterocycles. The third-order valence-corrected chi connectivity index (χ3v) is 2.89. The third-order valence-electron chi connectivity index (χ3n) is 2.89. The third kappa shape index (κ3) is 2.96. The van der Waals surface area contributed by atoms with Crippen LogP contribution >= 0.6 is 0 Å². The molecule has 0 radical (unpaired) electrons. The first kappa shape index (κ1) is 14.5. The standard InChI is InChI=1S/C14H12F4N2/c1-8-3-2-4-12(20-8)13(19)9-5-6-10(11(15)7-9)14(16,17)18/h2-7,13H,19H2,1H3. The maximum absolute atomic E-state index is 13.5. The Morgan fingerprint density at radius 2 is 1.85 bits per heavy atom. The molecule has 2 rings (SSSR count). The number of halogens is 4. The zero-order valence-corrected chi connectivity index (χ0v) is 10.6. The van der Waals surface area contributed by atoms with Crippen molar-refractivity contribution in [2.75, 3.05) is 0 Å². The fourth-order valence-corrected chi connectivity index (χ4v) is 1.86. The summed E-state index contributed by atoms with van der Waals surface area (Å²) < 4.78 is 50.9. The molecule has 0 spiro atoms. The molecule has 1 aromatic carbocycles. The SMILES string of the molecule is Cc1cccc(C(N)c2ccc(C(F)(F)F)c(F)c2)n1. The summed E-state index contributed by atoms with van der Waals surface area (Å²) in [6, 6.07) is 7.04. The fraction of sp³-hybridized carbons (Fsp3) is 0.214. The van der Waals surface area contributed by atoms with Crippen molar-refractivity contribution < 1.29 is 17.6 Å². The van der Waals surface area contributed by atoms with E-state index in [1.807, 2.05) is 0 Å². The molecule has 20 heavy (non-hydrogen) atoms. The van der Waals surface area contributed by atoms with Gasteiger partial charge in [-0.3, -0.25) is 4.98 Å². The molecule has 0 amide bonds. The molecule has 0 aliphatic carbocycles. The van der Waals surface area contributed by atoms with Crippen molar-refractivity contribution in [1.29, 1.82) is 0 Å². The molecule has 0 saturated carbocycles. The molecule has 106 valence electrons. The number of nitrogens with two attached hydrogens (primary N) is 1. The zero-order valence-electron chi connectivity index (χ0n) is 10.6. The number of hydrogen-bond donors (Lipinski definition) is 1. The van der Waals surface area contributed by atoms with E-state index in [0.29, 0.717) is 11.8 Å². The largest absolute Gasteiger partial charge is 0.419 e. The monoisotopic (exact) mass is 284 g/mol. The first-order valence-electron chi connectivity index (χ1n) is 5.85. The van der Waals surface area contributed by atoms with E-state index in [0.717, 1.165) is 11.8 Å². The molecule has 0 aliphatic rings. The Hall–Kier alpha value is -1.95. The van der Waals surface area contributed by atoms with Crippen LogP contribution < -0.4 is 5.73 Å². The van der Waals surface area contributed by atoms with Gasteiger partial charge in [0.1, 0.15) is 5.82 Å². The molecule has 0 saturated heterocycles. The van der Waals surface area contributed by atoms with Crippen LogP contribution in [0.3, 0.4) is 0 Å². The summed E-state index contributed by atoms with van der Waals surface area (Å²) in [4.78, 5) is 4.18. The van der Waals surface area contributed by atoms with Crippen LogP contribution in [-0.2, 0) is 6.18 Å². The van der Waals surface area contributed by atoms with Crippen molar-refractivity contribution in [2.24, 2.45) is 5.73 Å². The highest BCUT2D eigenvalue weighted by molar-refractivity contribution is 5.32. The molecule has 0 aliphatic heterocycles. The van der Waals surface area contributed by atoms with Crippen LogP contribution in [-0.4, -0.2) is 4.98 Å². The van der Waals surface area contributed by atoms with E-state index in [4.69, 9.17) is 5.73 Å². The van der Waals surface area contributed by atoms with Gasteiger partial charge in [-0.25, -0.2) is 4.39 Å². The average Bonchev–Trinajstić information content (AvgIpc) is 2.36. The van der Waals surface area contributed by atoms with E-state index in [1.165, 1.54) is 6.07 Å². The van der Waals surface area contributed by atoms with Crippen LogP contribution in [0, 0.1) is 12.7 Å². The number of nitrogens with zero attached hydrogens (tertiary/aromatic N) is 1. The summed E-state index contributed by atoms with van der Waals surface area (Å²) in [5.41, 5.74) is 6.05. The second-order valence-electron chi connectivity index (χ2n) is 4.42. The number of hydrogen-bond acceptors (Lipinski definition) is 2. The Morgan fingerprint density at radius 3 is 2.40 bits per heavy atom. The molecule has 6 heteroatoms. The number of pyridine rings is 1. The smallest absolute Gasteiger partial charge is 0.319 e.